The minimum absolute atomic E-state index is 0.0754. The van der Waals surface area contributed by atoms with Gasteiger partial charge >= 0.3 is 0 Å². The number of aryl methyl sites for hydroxylation is 1. The van der Waals surface area contributed by atoms with Crippen molar-refractivity contribution in [2.24, 2.45) is 0 Å². The van der Waals surface area contributed by atoms with Crippen LogP contribution in [0.4, 0.5) is 5.69 Å². The molecule has 18 heavy (non-hydrogen) atoms. The number of rotatable bonds is 3. The number of methoxy groups -OCH3 is 1. The van der Waals surface area contributed by atoms with E-state index in [0.29, 0.717) is 0 Å². The minimum atomic E-state index is -1.68. The van der Waals surface area contributed by atoms with Crippen LogP contribution in [0.5, 0.6) is 5.75 Å². The first kappa shape index (κ1) is 13.4. The molecule has 1 heterocycles. The monoisotopic (exact) mass is 269 g/mol. The molecule has 1 N–H and O–H groups in total. The lowest BCUT2D eigenvalue weighted by molar-refractivity contribution is 0.411. The van der Waals surface area contributed by atoms with Crippen LogP contribution in [-0.2, 0) is 11.1 Å². The fourth-order valence-corrected chi connectivity index (χ4v) is 2.94. The molecule has 0 bridgehead atoms. The van der Waals surface area contributed by atoms with Crippen LogP contribution in [0.2, 0.25) is 0 Å². The fourth-order valence-electron chi connectivity index (χ4n) is 2.32. The lowest BCUT2D eigenvalue weighted by Gasteiger charge is -2.32. The van der Waals surface area contributed by atoms with Gasteiger partial charge in [-0.05, 0) is 31.4 Å². The average Bonchev–Trinajstić information content (AvgIpc) is 2.39. The molecule has 1 atom stereocenters. The van der Waals surface area contributed by atoms with Crippen molar-refractivity contribution < 1.29 is 13.5 Å². The quantitative estimate of drug-likeness (QED) is 0.855. The SMILES string of the molecule is COc1cc(N2CCC(S(=O)O)CC2)ccc1C. The summed E-state index contributed by atoms with van der Waals surface area (Å²) in [4.78, 5) is 2.24. The van der Waals surface area contributed by atoms with Gasteiger partial charge in [0.15, 0.2) is 11.1 Å². The van der Waals surface area contributed by atoms with Crippen molar-refractivity contribution in [2.45, 2.75) is 25.0 Å². The third-order valence-corrected chi connectivity index (χ3v) is 4.53. The van der Waals surface area contributed by atoms with E-state index in [1.807, 2.05) is 19.1 Å². The van der Waals surface area contributed by atoms with Crippen LogP contribution in [0.3, 0.4) is 0 Å². The average molecular weight is 269 g/mol. The number of piperidine rings is 1. The maximum atomic E-state index is 11.0. The van der Waals surface area contributed by atoms with Gasteiger partial charge in [-0.3, -0.25) is 0 Å². The molecule has 1 saturated heterocycles. The highest BCUT2D eigenvalue weighted by Gasteiger charge is 2.23. The van der Waals surface area contributed by atoms with Crippen molar-refractivity contribution in [3.63, 3.8) is 0 Å². The summed E-state index contributed by atoms with van der Waals surface area (Å²) in [6.45, 7) is 3.66. The topological polar surface area (TPSA) is 49.8 Å². The van der Waals surface area contributed by atoms with Crippen molar-refractivity contribution in [1.82, 2.24) is 0 Å². The van der Waals surface area contributed by atoms with Crippen LogP contribution >= 0.6 is 0 Å². The zero-order valence-electron chi connectivity index (χ0n) is 10.8. The summed E-state index contributed by atoms with van der Waals surface area (Å²) in [6, 6.07) is 6.16. The van der Waals surface area contributed by atoms with E-state index < -0.39 is 11.1 Å². The molecular formula is C13H19NO3S. The number of benzene rings is 1. The summed E-state index contributed by atoms with van der Waals surface area (Å²) in [5.74, 6) is 0.889. The van der Waals surface area contributed by atoms with Crippen LogP contribution < -0.4 is 9.64 Å². The highest BCUT2D eigenvalue weighted by Crippen LogP contribution is 2.27. The molecule has 1 aromatic carbocycles. The molecule has 1 aliphatic rings. The Labute approximate surface area is 110 Å². The Kier molecular flexibility index (Phi) is 4.24. The predicted molar refractivity (Wildman–Crippen MR) is 73.7 cm³/mol. The molecule has 0 saturated carbocycles. The van der Waals surface area contributed by atoms with Crippen molar-refractivity contribution >= 4 is 16.8 Å². The summed E-state index contributed by atoms with van der Waals surface area (Å²) in [7, 11) is 1.67. The summed E-state index contributed by atoms with van der Waals surface area (Å²) >= 11 is -1.68. The lowest BCUT2D eigenvalue weighted by atomic mass is 10.1. The van der Waals surface area contributed by atoms with E-state index in [2.05, 4.69) is 11.0 Å². The second-order valence-electron chi connectivity index (χ2n) is 4.62. The van der Waals surface area contributed by atoms with Gasteiger partial charge in [0.25, 0.3) is 0 Å². The number of nitrogens with zero attached hydrogens (tertiary/aromatic N) is 1. The van der Waals surface area contributed by atoms with E-state index >= 15 is 0 Å². The normalized spacial score (nSPS) is 18.7. The Morgan fingerprint density at radius 2 is 2.06 bits per heavy atom. The Hall–Kier alpha value is -1.07. The lowest BCUT2D eigenvalue weighted by Crippen LogP contribution is -2.37. The third-order valence-electron chi connectivity index (χ3n) is 3.48. The van der Waals surface area contributed by atoms with Gasteiger partial charge in [-0.1, -0.05) is 6.07 Å². The standard InChI is InChI=1S/C13H19NO3S/c1-10-3-4-11(9-13(10)17-2)14-7-5-12(6-8-14)18(15)16/h3-4,9,12H,5-8H2,1-2H3,(H,15,16). The van der Waals surface area contributed by atoms with Crippen molar-refractivity contribution in [1.29, 1.82) is 0 Å². The highest BCUT2D eigenvalue weighted by molar-refractivity contribution is 7.79. The molecule has 1 aliphatic heterocycles. The molecule has 5 heteroatoms. The number of ether oxygens (including phenoxy) is 1. The van der Waals surface area contributed by atoms with Crippen LogP contribution in [0.25, 0.3) is 0 Å². The molecule has 0 aliphatic carbocycles. The van der Waals surface area contributed by atoms with Crippen molar-refractivity contribution in [2.75, 3.05) is 25.1 Å². The Morgan fingerprint density at radius 1 is 1.39 bits per heavy atom. The summed E-state index contributed by atoms with van der Waals surface area (Å²) in [6.07, 6.45) is 1.53. The van der Waals surface area contributed by atoms with Gasteiger partial charge in [-0.15, -0.1) is 0 Å². The van der Waals surface area contributed by atoms with E-state index in [0.717, 1.165) is 42.9 Å². The summed E-state index contributed by atoms with van der Waals surface area (Å²) in [5.41, 5.74) is 2.24. The molecule has 2 rings (SSSR count). The van der Waals surface area contributed by atoms with Gasteiger partial charge in [0.1, 0.15) is 5.75 Å². The van der Waals surface area contributed by atoms with Crippen LogP contribution in [-0.4, -0.2) is 34.2 Å². The van der Waals surface area contributed by atoms with E-state index in [9.17, 15) is 4.21 Å². The summed E-state index contributed by atoms with van der Waals surface area (Å²) < 4.78 is 25.4. The molecule has 0 aromatic heterocycles. The van der Waals surface area contributed by atoms with Gasteiger partial charge in [0.2, 0.25) is 0 Å². The summed E-state index contributed by atoms with van der Waals surface area (Å²) in [5, 5.41) is -0.0754. The van der Waals surface area contributed by atoms with E-state index in [-0.39, 0.29) is 5.25 Å². The Balaban J connectivity index is 2.07. The second-order valence-corrected chi connectivity index (χ2v) is 5.84. The maximum Gasteiger partial charge on any atom is 0.156 e. The molecular weight excluding hydrogens is 250 g/mol. The second kappa shape index (κ2) is 5.71. The first-order valence-corrected chi connectivity index (χ1v) is 7.28. The van der Waals surface area contributed by atoms with Gasteiger partial charge in [-0.2, -0.15) is 0 Å². The first-order valence-electron chi connectivity index (χ1n) is 6.11. The van der Waals surface area contributed by atoms with E-state index in [4.69, 9.17) is 9.29 Å². The number of anilines is 1. The zero-order chi connectivity index (χ0) is 13.1. The number of hydrogen-bond acceptors (Lipinski definition) is 3. The molecule has 1 unspecified atom stereocenters. The van der Waals surface area contributed by atoms with E-state index in [1.165, 1.54) is 0 Å². The zero-order valence-corrected chi connectivity index (χ0v) is 11.6. The molecule has 100 valence electrons. The van der Waals surface area contributed by atoms with Gasteiger partial charge in [-0.25, -0.2) is 4.21 Å². The van der Waals surface area contributed by atoms with Crippen molar-refractivity contribution in [3.8, 4) is 5.75 Å². The van der Waals surface area contributed by atoms with Crippen LogP contribution in [0, 0.1) is 6.92 Å². The largest absolute Gasteiger partial charge is 0.496 e. The highest BCUT2D eigenvalue weighted by atomic mass is 32.2. The molecule has 1 aromatic rings. The smallest absolute Gasteiger partial charge is 0.156 e. The minimum Gasteiger partial charge on any atom is -0.496 e. The van der Waals surface area contributed by atoms with Crippen LogP contribution in [0.1, 0.15) is 18.4 Å². The Bertz CT molecular complexity index is 442. The molecule has 0 spiro atoms. The van der Waals surface area contributed by atoms with Gasteiger partial charge in [0.05, 0.1) is 12.4 Å². The van der Waals surface area contributed by atoms with Crippen LogP contribution in [0.15, 0.2) is 18.2 Å². The Morgan fingerprint density at radius 3 is 2.61 bits per heavy atom. The molecule has 0 amide bonds. The molecule has 4 nitrogen and oxygen atoms in total. The first-order chi connectivity index (χ1) is 8.61. The van der Waals surface area contributed by atoms with Crippen molar-refractivity contribution in [3.05, 3.63) is 23.8 Å². The predicted octanol–water partition coefficient (Wildman–Crippen LogP) is 2.19. The third kappa shape index (κ3) is 2.84. The number of hydrogen-bond donors (Lipinski definition) is 1. The molecule has 0 radical (unpaired) electrons. The van der Waals surface area contributed by atoms with E-state index in [1.54, 1.807) is 7.11 Å². The van der Waals surface area contributed by atoms with Gasteiger partial charge < -0.3 is 14.2 Å². The van der Waals surface area contributed by atoms with Gasteiger partial charge in [0, 0.05) is 24.8 Å². The fraction of sp³-hybridized carbons (Fsp3) is 0.538. The maximum absolute atomic E-state index is 11.0. The molecule has 1 fully saturated rings.